The molecule has 172 valence electrons. The second kappa shape index (κ2) is 10.6. The highest BCUT2D eigenvalue weighted by Crippen LogP contribution is 2.39. The van der Waals surface area contributed by atoms with Crippen molar-refractivity contribution in [3.63, 3.8) is 0 Å². The summed E-state index contributed by atoms with van der Waals surface area (Å²) in [5.41, 5.74) is 0.0360. The van der Waals surface area contributed by atoms with Crippen molar-refractivity contribution in [1.82, 2.24) is 0 Å². The summed E-state index contributed by atoms with van der Waals surface area (Å²) < 4.78 is 21.5. The van der Waals surface area contributed by atoms with E-state index in [1.54, 1.807) is 19.9 Å². The summed E-state index contributed by atoms with van der Waals surface area (Å²) in [5.74, 6) is -4.36. The second-order valence-electron chi connectivity index (χ2n) is 8.09. The molecule has 0 aromatic rings. The fourth-order valence-corrected chi connectivity index (χ4v) is 3.85. The van der Waals surface area contributed by atoms with Gasteiger partial charge in [-0.25, -0.2) is 9.59 Å². The van der Waals surface area contributed by atoms with Crippen LogP contribution < -0.4 is 0 Å². The number of ether oxygens (including phenoxy) is 4. The highest BCUT2D eigenvalue weighted by atomic mass is 16.6. The fraction of sp³-hybridized carbons (Fsp3) is 0.636. The molecule has 0 aromatic heterocycles. The van der Waals surface area contributed by atoms with Gasteiger partial charge in [0.25, 0.3) is 0 Å². The smallest absolute Gasteiger partial charge is 0.337 e. The summed E-state index contributed by atoms with van der Waals surface area (Å²) in [6.45, 7) is 8.07. The SMILES string of the molecule is C=C1C(=O)O[C@@H]2C[C@@H](CO)CC/C=C(/C(=O)OC)[C@H](OC(C)=O)[C@@H](OC(=O)C(C)C)[C@@H]12. The van der Waals surface area contributed by atoms with Crippen molar-refractivity contribution in [2.24, 2.45) is 17.8 Å². The Balaban J connectivity index is 2.66. The van der Waals surface area contributed by atoms with E-state index >= 15 is 0 Å². The number of aliphatic hydroxyl groups excluding tert-OH is 1. The summed E-state index contributed by atoms with van der Waals surface area (Å²) >= 11 is 0. The number of aliphatic hydroxyl groups is 1. The Morgan fingerprint density at radius 2 is 1.97 bits per heavy atom. The van der Waals surface area contributed by atoms with Crippen LogP contribution in [-0.4, -0.2) is 61.0 Å². The minimum Gasteiger partial charge on any atom is -0.466 e. The predicted molar refractivity (Wildman–Crippen MR) is 107 cm³/mol. The van der Waals surface area contributed by atoms with Crippen molar-refractivity contribution in [3.8, 4) is 0 Å². The molecule has 2 rings (SSSR count). The number of carbonyl (C=O) groups excluding carboxylic acids is 4. The maximum Gasteiger partial charge on any atom is 0.337 e. The number of allylic oxidation sites excluding steroid dienone is 1. The van der Waals surface area contributed by atoms with Gasteiger partial charge in [0.1, 0.15) is 6.10 Å². The van der Waals surface area contributed by atoms with Gasteiger partial charge >= 0.3 is 23.9 Å². The maximum atomic E-state index is 12.6. The van der Waals surface area contributed by atoms with E-state index < -0.39 is 54.0 Å². The zero-order valence-electron chi connectivity index (χ0n) is 18.3. The van der Waals surface area contributed by atoms with Gasteiger partial charge in [-0.1, -0.05) is 26.5 Å². The number of hydrogen-bond donors (Lipinski definition) is 1. The molecule has 1 N–H and O–H groups in total. The quantitative estimate of drug-likeness (QED) is 0.386. The van der Waals surface area contributed by atoms with Crippen molar-refractivity contribution in [2.75, 3.05) is 13.7 Å². The average molecular weight is 438 g/mol. The molecule has 1 aliphatic carbocycles. The standard InChI is InChI=1S/C22H30O9/c1-11(2)20(25)31-19-17-12(3)21(26)30-16(17)9-14(10-23)7-6-8-15(22(27)28-5)18(19)29-13(4)24/h8,11,14,16-19,23H,3,6-7,9-10H2,1-2,4-5H3/b15-8+/t14-,16+,17-,18-,19-/m0/s1. The lowest BCUT2D eigenvalue weighted by Gasteiger charge is -2.35. The Bertz CT molecular complexity index is 767. The van der Waals surface area contributed by atoms with Gasteiger partial charge in [-0.05, 0) is 25.2 Å². The molecule has 1 saturated heterocycles. The first kappa shape index (κ1) is 24.6. The molecule has 0 amide bonds. The van der Waals surface area contributed by atoms with Gasteiger partial charge in [-0.2, -0.15) is 0 Å². The first-order valence-corrected chi connectivity index (χ1v) is 10.3. The minimum atomic E-state index is -1.32. The van der Waals surface area contributed by atoms with E-state index in [9.17, 15) is 24.3 Å². The Kier molecular flexibility index (Phi) is 8.38. The van der Waals surface area contributed by atoms with E-state index in [0.29, 0.717) is 19.3 Å². The average Bonchev–Trinajstić information content (AvgIpc) is 2.99. The molecule has 5 atom stereocenters. The van der Waals surface area contributed by atoms with Crippen LogP contribution in [0.3, 0.4) is 0 Å². The third kappa shape index (κ3) is 5.72. The maximum absolute atomic E-state index is 12.6. The molecule has 1 fully saturated rings. The fourth-order valence-electron chi connectivity index (χ4n) is 3.85. The van der Waals surface area contributed by atoms with Gasteiger partial charge in [-0.3, -0.25) is 9.59 Å². The summed E-state index contributed by atoms with van der Waals surface area (Å²) in [5, 5.41) is 9.77. The molecule has 1 heterocycles. The lowest BCUT2D eigenvalue weighted by Crippen LogP contribution is -2.47. The Hall–Kier alpha value is -2.68. The van der Waals surface area contributed by atoms with E-state index in [1.165, 1.54) is 14.0 Å². The summed E-state index contributed by atoms with van der Waals surface area (Å²) in [6.07, 6.45) is -0.618. The van der Waals surface area contributed by atoms with Crippen LogP contribution in [0.4, 0.5) is 0 Å². The van der Waals surface area contributed by atoms with Crippen LogP contribution >= 0.6 is 0 Å². The molecule has 0 spiro atoms. The normalized spacial score (nSPS) is 30.5. The van der Waals surface area contributed by atoms with Crippen LogP contribution in [0.15, 0.2) is 23.8 Å². The molecule has 2 aliphatic rings. The van der Waals surface area contributed by atoms with E-state index in [1.807, 2.05) is 0 Å². The molecule has 9 nitrogen and oxygen atoms in total. The van der Waals surface area contributed by atoms with Crippen molar-refractivity contribution in [3.05, 3.63) is 23.8 Å². The number of fused-ring (bicyclic) bond motifs is 1. The van der Waals surface area contributed by atoms with Gasteiger partial charge in [0, 0.05) is 19.1 Å². The molecule has 9 heteroatoms. The van der Waals surface area contributed by atoms with Gasteiger partial charge in [-0.15, -0.1) is 0 Å². The first-order valence-electron chi connectivity index (χ1n) is 10.3. The van der Waals surface area contributed by atoms with Crippen LogP contribution in [0, 0.1) is 17.8 Å². The van der Waals surface area contributed by atoms with Crippen molar-refractivity contribution in [1.29, 1.82) is 0 Å². The van der Waals surface area contributed by atoms with E-state index in [4.69, 9.17) is 18.9 Å². The molecular formula is C22H30O9. The number of esters is 4. The number of hydrogen-bond acceptors (Lipinski definition) is 9. The van der Waals surface area contributed by atoms with Crippen LogP contribution in [0.5, 0.6) is 0 Å². The zero-order valence-corrected chi connectivity index (χ0v) is 18.3. The summed E-state index contributed by atoms with van der Waals surface area (Å²) in [6, 6.07) is 0. The van der Waals surface area contributed by atoms with Crippen molar-refractivity contribution < 1.29 is 43.2 Å². The van der Waals surface area contributed by atoms with Crippen LogP contribution in [0.2, 0.25) is 0 Å². The molecule has 0 bridgehead atoms. The highest BCUT2D eigenvalue weighted by Gasteiger charge is 2.51. The van der Waals surface area contributed by atoms with Crippen LogP contribution in [0.1, 0.15) is 40.0 Å². The summed E-state index contributed by atoms with van der Waals surface area (Å²) in [4.78, 5) is 49.4. The molecule has 0 radical (unpaired) electrons. The van der Waals surface area contributed by atoms with E-state index in [2.05, 4.69) is 6.58 Å². The Morgan fingerprint density at radius 3 is 2.52 bits per heavy atom. The predicted octanol–water partition coefficient (Wildman–Crippen LogP) is 1.48. The molecule has 1 aliphatic heterocycles. The Labute approximate surface area is 181 Å². The number of rotatable bonds is 5. The first-order chi connectivity index (χ1) is 14.6. The molecule has 0 unspecified atom stereocenters. The second-order valence-corrected chi connectivity index (χ2v) is 8.09. The van der Waals surface area contributed by atoms with Gasteiger partial charge < -0.3 is 24.1 Å². The molecule has 0 aromatic carbocycles. The summed E-state index contributed by atoms with van der Waals surface area (Å²) in [7, 11) is 1.18. The van der Waals surface area contributed by atoms with Crippen LogP contribution in [-0.2, 0) is 38.1 Å². The molecular weight excluding hydrogens is 408 g/mol. The zero-order chi connectivity index (χ0) is 23.3. The third-order valence-corrected chi connectivity index (χ3v) is 5.48. The van der Waals surface area contributed by atoms with Gasteiger partial charge in [0.2, 0.25) is 0 Å². The molecule has 0 saturated carbocycles. The minimum absolute atomic E-state index is 0.0104. The Morgan fingerprint density at radius 1 is 1.29 bits per heavy atom. The van der Waals surface area contributed by atoms with E-state index in [0.717, 1.165) is 0 Å². The molecule has 31 heavy (non-hydrogen) atoms. The van der Waals surface area contributed by atoms with E-state index in [-0.39, 0.29) is 23.7 Å². The van der Waals surface area contributed by atoms with Gasteiger partial charge in [0.15, 0.2) is 12.2 Å². The lowest BCUT2D eigenvalue weighted by atomic mass is 9.80. The van der Waals surface area contributed by atoms with Crippen LogP contribution in [0.25, 0.3) is 0 Å². The number of methoxy groups -OCH3 is 1. The van der Waals surface area contributed by atoms with Crippen molar-refractivity contribution in [2.45, 2.75) is 58.3 Å². The lowest BCUT2D eigenvalue weighted by molar-refractivity contribution is -0.173. The van der Waals surface area contributed by atoms with Gasteiger partial charge in [0.05, 0.1) is 24.5 Å². The third-order valence-electron chi connectivity index (χ3n) is 5.48. The monoisotopic (exact) mass is 438 g/mol. The topological polar surface area (TPSA) is 125 Å². The van der Waals surface area contributed by atoms with Crippen molar-refractivity contribution >= 4 is 23.9 Å². The highest BCUT2D eigenvalue weighted by molar-refractivity contribution is 5.92. The number of carbonyl (C=O) groups is 4. The largest absolute Gasteiger partial charge is 0.466 e.